The average Bonchev–Trinajstić information content (AvgIpc) is 3.44. The average molecular weight is 454 g/mol. The number of piperidine rings is 1. The van der Waals surface area contributed by atoms with Crippen LogP contribution in [0.5, 0.6) is 0 Å². The van der Waals surface area contributed by atoms with Gasteiger partial charge in [-0.05, 0) is 38.8 Å². The summed E-state index contributed by atoms with van der Waals surface area (Å²) in [4.78, 5) is 25.1. The molecule has 4 heterocycles. The number of amides is 1. The van der Waals surface area contributed by atoms with Gasteiger partial charge in [0.05, 0.1) is 37.8 Å². The molecule has 33 heavy (non-hydrogen) atoms. The number of anilines is 1. The Labute approximate surface area is 193 Å². The van der Waals surface area contributed by atoms with Gasteiger partial charge in [-0.1, -0.05) is 6.58 Å². The number of carbonyl (C=O) groups excluding carboxylic acids is 1. The van der Waals surface area contributed by atoms with E-state index in [1.807, 2.05) is 29.4 Å². The number of rotatable bonds is 9. The summed E-state index contributed by atoms with van der Waals surface area (Å²) in [7, 11) is 1.93. The van der Waals surface area contributed by atoms with Crippen LogP contribution in [0.2, 0.25) is 0 Å². The first-order valence-electron chi connectivity index (χ1n) is 11.6. The second-order valence-corrected chi connectivity index (χ2v) is 9.00. The molecule has 0 spiro atoms. The first kappa shape index (κ1) is 23.1. The Morgan fingerprint density at radius 2 is 2.18 bits per heavy atom. The molecule has 1 aliphatic heterocycles. The number of fused-ring (bicyclic) bond motifs is 1. The molecule has 3 aromatic heterocycles. The molecule has 0 saturated carbocycles. The molecular formula is C23H35N9O+2. The van der Waals surface area contributed by atoms with Gasteiger partial charge in [0, 0.05) is 24.7 Å². The number of nitrogen functional groups attached to an aromatic ring is 1. The monoisotopic (exact) mass is 453 g/mol. The van der Waals surface area contributed by atoms with Crippen molar-refractivity contribution in [3.8, 4) is 0 Å². The van der Waals surface area contributed by atoms with Crippen LogP contribution < -0.4 is 16.4 Å². The van der Waals surface area contributed by atoms with Crippen molar-refractivity contribution in [1.29, 1.82) is 0 Å². The molecule has 0 aromatic carbocycles. The van der Waals surface area contributed by atoms with Crippen molar-refractivity contribution < 1.29 is 14.6 Å². The zero-order valence-electron chi connectivity index (χ0n) is 19.5. The number of likely N-dealkylation sites (N-methyl/N-ethyl adjacent to an activating group) is 1. The maximum absolute atomic E-state index is 12.7. The second kappa shape index (κ2) is 9.82. The number of aromatic nitrogens is 5. The first-order valence-corrected chi connectivity index (χ1v) is 11.6. The number of likely N-dealkylation sites (tertiary alicyclic amines) is 1. The number of nitrogens with zero attached hydrogens (tertiary/aromatic N) is 5. The lowest BCUT2D eigenvalue weighted by atomic mass is 10.0. The van der Waals surface area contributed by atoms with Crippen LogP contribution in [-0.2, 0) is 17.8 Å². The van der Waals surface area contributed by atoms with Crippen LogP contribution in [0.15, 0.2) is 31.2 Å². The number of H-pyrrole nitrogens is 1. The summed E-state index contributed by atoms with van der Waals surface area (Å²) in [5.74, 6) is 1.09. The predicted octanol–water partition coefficient (Wildman–Crippen LogP) is 1.13. The summed E-state index contributed by atoms with van der Waals surface area (Å²) in [6, 6.07) is 0.325. The Hall–Kier alpha value is -3.08. The number of carbonyl (C=O) groups is 1. The molecule has 4 rings (SSSR count). The normalized spacial score (nSPS) is 16.7. The molecule has 10 nitrogen and oxygen atoms in total. The van der Waals surface area contributed by atoms with E-state index >= 15 is 0 Å². The van der Waals surface area contributed by atoms with Gasteiger partial charge in [-0.15, -0.1) is 0 Å². The van der Waals surface area contributed by atoms with Crippen molar-refractivity contribution in [3.05, 3.63) is 36.8 Å². The fourth-order valence-corrected chi connectivity index (χ4v) is 4.68. The van der Waals surface area contributed by atoms with E-state index in [4.69, 9.17) is 5.73 Å². The molecule has 0 radical (unpaired) electrons. The SMILES string of the molecule is C=CC(=O)[N+]1(CCc2c[nH]c3nc([NH2+]c4cnn(CC(C)NC)c4)nc(N)c23)CCCCC1. The highest BCUT2D eigenvalue weighted by atomic mass is 16.2. The van der Waals surface area contributed by atoms with Crippen LogP contribution in [-0.4, -0.2) is 67.8 Å². The van der Waals surface area contributed by atoms with Crippen molar-refractivity contribution in [2.75, 3.05) is 32.4 Å². The maximum Gasteiger partial charge on any atom is 0.338 e. The van der Waals surface area contributed by atoms with E-state index in [0.29, 0.717) is 27.9 Å². The molecule has 0 aliphatic carbocycles. The Morgan fingerprint density at radius 1 is 1.39 bits per heavy atom. The minimum Gasteiger partial charge on any atom is -0.383 e. The van der Waals surface area contributed by atoms with Crippen LogP contribution >= 0.6 is 0 Å². The fraction of sp³-hybridized carbons (Fsp3) is 0.478. The molecule has 1 saturated heterocycles. The minimum absolute atomic E-state index is 0.111. The number of quaternary nitrogens is 2. The third kappa shape index (κ3) is 4.97. The van der Waals surface area contributed by atoms with Crippen LogP contribution in [0, 0.1) is 0 Å². The standard InChI is InChI=1S/C23H34N9O/c1-4-19(33)32(9-6-5-7-10-32)11-8-17-12-26-22-20(17)21(24)29-23(30-22)28-18-13-27-31(15-18)14-16(2)25-3/h4,12-13,15-16,25H,1,5-11,14H2,2-3H3,(H4,24,26,28,29,30)/q+1/p+1. The van der Waals surface area contributed by atoms with E-state index in [0.717, 1.165) is 62.1 Å². The molecule has 6 N–H and O–H groups in total. The zero-order chi connectivity index (χ0) is 23.4. The van der Waals surface area contributed by atoms with Gasteiger partial charge in [-0.25, -0.2) is 10.1 Å². The number of nitrogens with two attached hydrogens (primary N) is 2. The van der Waals surface area contributed by atoms with Crippen molar-refractivity contribution in [3.63, 3.8) is 0 Å². The highest BCUT2D eigenvalue weighted by molar-refractivity contribution is 5.90. The molecule has 1 unspecified atom stereocenters. The third-order valence-corrected chi connectivity index (χ3v) is 6.68. The van der Waals surface area contributed by atoms with Gasteiger partial charge in [0.15, 0.2) is 5.69 Å². The van der Waals surface area contributed by atoms with Crippen LogP contribution in [0.3, 0.4) is 0 Å². The quantitative estimate of drug-likeness (QED) is 0.284. The van der Waals surface area contributed by atoms with E-state index in [1.54, 1.807) is 6.20 Å². The molecule has 1 amide bonds. The van der Waals surface area contributed by atoms with Gasteiger partial charge in [0.1, 0.15) is 17.7 Å². The van der Waals surface area contributed by atoms with Gasteiger partial charge in [-0.3, -0.25) is 9.16 Å². The topological polar surface area (TPSA) is 131 Å². The third-order valence-electron chi connectivity index (χ3n) is 6.68. The Bertz CT molecular complexity index is 1130. The molecule has 0 bridgehead atoms. The Balaban J connectivity index is 1.50. The van der Waals surface area contributed by atoms with Crippen molar-refractivity contribution in [2.45, 2.75) is 45.2 Å². The minimum atomic E-state index is 0.111. The number of nitrogens with one attached hydrogen (secondary N) is 2. The molecule has 10 heteroatoms. The molecule has 1 fully saturated rings. The van der Waals surface area contributed by atoms with E-state index in [-0.39, 0.29) is 5.91 Å². The zero-order valence-corrected chi connectivity index (χ0v) is 19.5. The van der Waals surface area contributed by atoms with Gasteiger partial charge < -0.3 is 16.0 Å². The van der Waals surface area contributed by atoms with E-state index in [2.05, 4.69) is 38.9 Å². The van der Waals surface area contributed by atoms with Crippen LogP contribution in [0.4, 0.5) is 17.5 Å². The summed E-state index contributed by atoms with van der Waals surface area (Å²) in [6.45, 7) is 9.09. The number of aromatic amines is 1. The van der Waals surface area contributed by atoms with Gasteiger partial charge in [0.2, 0.25) is 0 Å². The van der Waals surface area contributed by atoms with E-state index < -0.39 is 0 Å². The lowest BCUT2D eigenvalue weighted by Crippen LogP contribution is -2.72. The summed E-state index contributed by atoms with van der Waals surface area (Å²) in [6.07, 6.45) is 11.2. The Kier molecular flexibility index (Phi) is 6.87. The highest BCUT2D eigenvalue weighted by Gasteiger charge is 2.36. The second-order valence-electron chi connectivity index (χ2n) is 9.00. The predicted molar refractivity (Wildman–Crippen MR) is 128 cm³/mol. The summed E-state index contributed by atoms with van der Waals surface area (Å²) < 4.78 is 2.37. The summed E-state index contributed by atoms with van der Waals surface area (Å²) >= 11 is 0. The van der Waals surface area contributed by atoms with Gasteiger partial charge in [-0.2, -0.15) is 15.1 Å². The fourth-order valence-electron chi connectivity index (χ4n) is 4.68. The summed E-state index contributed by atoms with van der Waals surface area (Å²) in [5.41, 5.74) is 9.04. The largest absolute Gasteiger partial charge is 0.383 e. The molecule has 1 atom stereocenters. The van der Waals surface area contributed by atoms with Gasteiger partial charge in [0.25, 0.3) is 0 Å². The van der Waals surface area contributed by atoms with Gasteiger partial charge >= 0.3 is 11.9 Å². The molecular weight excluding hydrogens is 418 g/mol. The van der Waals surface area contributed by atoms with Crippen molar-refractivity contribution in [2.24, 2.45) is 0 Å². The molecule has 3 aromatic rings. The van der Waals surface area contributed by atoms with Crippen molar-refractivity contribution in [1.82, 2.24) is 30.0 Å². The number of hydrogen-bond acceptors (Lipinski definition) is 6. The highest BCUT2D eigenvalue weighted by Crippen LogP contribution is 2.26. The number of hydrogen-bond donors (Lipinski definition) is 4. The lowest BCUT2D eigenvalue weighted by molar-refractivity contribution is -0.857. The van der Waals surface area contributed by atoms with Crippen LogP contribution in [0.25, 0.3) is 11.0 Å². The van der Waals surface area contributed by atoms with E-state index in [9.17, 15) is 4.79 Å². The van der Waals surface area contributed by atoms with Crippen molar-refractivity contribution >= 4 is 34.4 Å². The Morgan fingerprint density at radius 3 is 2.91 bits per heavy atom. The molecule has 1 aliphatic rings. The smallest absolute Gasteiger partial charge is 0.338 e. The lowest BCUT2D eigenvalue weighted by Gasteiger charge is -2.38. The van der Waals surface area contributed by atoms with E-state index in [1.165, 1.54) is 12.5 Å². The van der Waals surface area contributed by atoms with Crippen LogP contribution in [0.1, 0.15) is 31.7 Å². The maximum atomic E-state index is 12.7. The first-order chi connectivity index (χ1) is 15.9. The molecule has 176 valence electrons. The summed E-state index contributed by atoms with van der Waals surface area (Å²) in [5, 5.41) is 10.3.